The number of hydrogen-bond acceptors (Lipinski definition) is 7. The van der Waals surface area contributed by atoms with E-state index in [4.69, 9.17) is 10.6 Å². The molecule has 4 N–H and O–H groups in total. The first kappa shape index (κ1) is 15.0. The van der Waals surface area contributed by atoms with E-state index in [1.807, 2.05) is 6.07 Å². The molecule has 0 amide bonds. The van der Waals surface area contributed by atoms with Crippen LogP contribution in [0.5, 0.6) is 0 Å². The summed E-state index contributed by atoms with van der Waals surface area (Å²) in [7, 11) is 0. The molecule has 1 fully saturated rings. The molecule has 0 spiro atoms. The molecule has 1 aromatic rings. The van der Waals surface area contributed by atoms with E-state index >= 15 is 0 Å². The highest BCUT2D eigenvalue weighted by molar-refractivity contribution is 5.50. The number of aliphatic hydroxyl groups excluding tert-OH is 1. The Morgan fingerprint density at radius 2 is 2.35 bits per heavy atom. The molecule has 112 valence electrons. The number of morpholine rings is 1. The Hall–Kier alpha value is -1.44. The first-order chi connectivity index (χ1) is 9.67. The summed E-state index contributed by atoms with van der Waals surface area (Å²) in [6, 6.07) is 2.03. The second-order valence-electron chi connectivity index (χ2n) is 5.06. The highest BCUT2D eigenvalue weighted by Gasteiger charge is 2.27. The maximum atomic E-state index is 9.26. The SMILES string of the molecule is CCCc1nc(NN)cc(N2CC(CO)OCC2C)n1. The van der Waals surface area contributed by atoms with Crippen LogP contribution < -0.4 is 16.2 Å². The Labute approximate surface area is 119 Å². The second-order valence-corrected chi connectivity index (χ2v) is 5.06. The van der Waals surface area contributed by atoms with Crippen molar-refractivity contribution < 1.29 is 9.84 Å². The fourth-order valence-corrected chi connectivity index (χ4v) is 2.29. The number of hydrogen-bond donors (Lipinski definition) is 3. The highest BCUT2D eigenvalue weighted by Crippen LogP contribution is 2.22. The lowest BCUT2D eigenvalue weighted by atomic mass is 10.2. The standard InChI is InChI=1S/C13H23N5O2/c1-3-4-11-15-12(17-14)5-13(16-11)18-6-10(7-19)20-8-9(18)2/h5,9-10,19H,3-4,6-8,14H2,1-2H3,(H,15,16,17). The average Bonchev–Trinajstić information content (AvgIpc) is 2.47. The summed E-state index contributed by atoms with van der Waals surface area (Å²) < 4.78 is 5.55. The van der Waals surface area contributed by atoms with Crippen molar-refractivity contribution >= 4 is 11.6 Å². The Morgan fingerprint density at radius 3 is 3.00 bits per heavy atom. The van der Waals surface area contributed by atoms with Crippen LogP contribution in [0.2, 0.25) is 0 Å². The van der Waals surface area contributed by atoms with Crippen LogP contribution in [0.4, 0.5) is 11.6 Å². The van der Waals surface area contributed by atoms with E-state index in [0.29, 0.717) is 19.0 Å². The van der Waals surface area contributed by atoms with Crippen LogP contribution in [0, 0.1) is 0 Å². The highest BCUT2D eigenvalue weighted by atomic mass is 16.5. The molecule has 7 heteroatoms. The molecule has 0 aromatic carbocycles. The number of anilines is 2. The normalized spacial score (nSPS) is 22.9. The molecule has 1 aromatic heterocycles. The van der Waals surface area contributed by atoms with Gasteiger partial charge in [-0.3, -0.25) is 0 Å². The van der Waals surface area contributed by atoms with Crippen molar-refractivity contribution in [3.63, 3.8) is 0 Å². The number of aliphatic hydroxyl groups is 1. The van der Waals surface area contributed by atoms with Crippen molar-refractivity contribution in [2.75, 3.05) is 30.1 Å². The van der Waals surface area contributed by atoms with Gasteiger partial charge in [-0.05, 0) is 13.3 Å². The number of ether oxygens (including phenoxy) is 1. The summed E-state index contributed by atoms with van der Waals surface area (Å²) in [6.07, 6.45) is 1.61. The molecule has 2 heterocycles. The van der Waals surface area contributed by atoms with Gasteiger partial charge in [-0.25, -0.2) is 15.8 Å². The van der Waals surface area contributed by atoms with Gasteiger partial charge < -0.3 is 20.2 Å². The third-order valence-corrected chi connectivity index (χ3v) is 3.38. The van der Waals surface area contributed by atoms with E-state index in [2.05, 4.69) is 34.1 Å². The van der Waals surface area contributed by atoms with Gasteiger partial charge in [0.15, 0.2) is 0 Å². The first-order valence-corrected chi connectivity index (χ1v) is 7.01. The molecule has 1 aliphatic heterocycles. The van der Waals surface area contributed by atoms with Gasteiger partial charge in [-0.1, -0.05) is 6.92 Å². The molecule has 1 saturated heterocycles. The van der Waals surface area contributed by atoms with Gasteiger partial charge in [0.2, 0.25) is 0 Å². The quantitative estimate of drug-likeness (QED) is 0.527. The minimum atomic E-state index is -0.176. The zero-order valence-electron chi connectivity index (χ0n) is 12.0. The molecular weight excluding hydrogens is 258 g/mol. The zero-order valence-corrected chi connectivity index (χ0v) is 12.0. The number of nitrogens with zero attached hydrogens (tertiary/aromatic N) is 3. The summed E-state index contributed by atoms with van der Waals surface area (Å²) in [4.78, 5) is 11.1. The zero-order chi connectivity index (χ0) is 14.5. The lowest BCUT2D eigenvalue weighted by Crippen LogP contribution is -2.50. The van der Waals surface area contributed by atoms with Crippen molar-refractivity contribution in [1.82, 2.24) is 9.97 Å². The molecule has 0 aliphatic carbocycles. The predicted octanol–water partition coefficient (Wildman–Crippen LogP) is 0.301. The molecule has 0 saturated carbocycles. The van der Waals surface area contributed by atoms with Gasteiger partial charge >= 0.3 is 0 Å². The molecule has 1 aliphatic rings. The molecule has 2 unspecified atom stereocenters. The predicted molar refractivity (Wildman–Crippen MR) is 77.5 cm³/mol. The summed E-state index contributed by atoms with van der Waals surface area (Å²) in [5.41, 5.74) is 2.59. The average molecular weight is 281 g/mol. The molecule has 7 nitrogen and oxygen atoms in total. The van der Waals surface area contributed by atoms with Crippen molar-refractivity contribution in [3.8, 4) is 0 Å². The Bertz CT molecular complexity index is 443. The van der Waals surface area contributed by atoms with Crippen LogP contribution in [-0.2, 0) is 11.2 Å². The number of aryl methyl sites for hydroxylation is 1. The smallest absolute Gasteiger partial charge is 0.145 e. The van der Waals surface area contributed by atoms with Crippen LogP contribution >= 0.6 is 0 Å². The number of rotatable bonds is 5. The Kier molecular flexibility index (Phi) is 5.11. The van der Waals surface area contributed by atoms with Crippen LogP contribution in [0.1, 0.15) is 26.1 Å². The van der Waals surface area contributed by atoms with Crippen molar-refractivity contribution in [1.29, 1.82) is 0 Å². The van der Waals surface area contributed by atoms with Crippen molar-refractivity contribution in [3.05, 3.63) is 11.9 Å². The molecular formula is C13H23N5O2. The number of nitrogens with one attached hydrogen (secondary N) is 1. The molecule has 0 bridgehead atoms. The first-order valence-electron chi connectivity index (χ1n) is 7.01. The third kappa shape index (κ3) is 3.36. The maximum Gasteiger partial charge on any atom is 0.145 e. The lowest BCUT2D eigenvalue weighted by molar-refractivity contribution is -0.0105. The fourth-order valence-electron chi connectivity index (χ4n) is 2.29. The second kappa shape index (κ2) is 6.83. The van der Waals surface area contributed by atoms with E-state index < -0.39 is 0 Å². The van der Waals surface area contributed by atoms with E-state index in [9.17, 15) is 5.11 Å². The van der Waals surface area contributed by atoms with Gasteiger partial charge in [0.05, 0.1) is 25.4 Å². The Morgan fingerprint density at radius 1 is 1.55 bits per heavy atom. The largest absolute Gasteiger partial charge is 0.394 e. The van der Waals surface area contributed by atoms with Crippen molar-refractivity contribution in [2.45, 2.75) is 38.8 Å². The van der Waals surface area contributed by atoms with Crippen LogP contribution in [-0.4, -0.2) is 47.0 Å². The summed E-state index contributed by atoms with van der Waals surface area (Å²) in [5, 5.41) is 9.26. The van der Waals surface area contributed by atoms with Gasteiger partial charge in [0.25, 0.3) is 0 Å². The van der Waals surface area contributed by atoms with Gasteiger partial charge in [0, 0.05) is 19.0 Å². The summed E-state index contributed by atoms with van der Waals surface area (Å²) in [6.45, 7) is 5.36. The number of hydrazine groups is 1. The van der Waals surface area contributed by atoms with Gasteiger partial charge in [-0.15, -0.1) is 0 Å². The summed E-state index contributed by atoms with van der Waals surface area (Å²) >= 11 is 0. The third-order valence-electron chi connectivity index (χ3n) is 3.38. The number of aromatic nitrogens is 2. The Balaban J connectivity index is 2.26. The van der Waals surface area contributed by atoms with E-state index in [0.717, 1.165) is 24.5 Å². The maximum absolute atomic E-state index is 9.26. The topological polar surface area (TPSA) is 96.5 Å². The van der Waals surface area contributed by atoms with Gasteiger partial charge in [0.1, 0.15) is 17.5 Å². The minimum Gasteiger partial charge on any atom is -0.394 e. The summed E-state index contributed by atoms with van der Waals surface area (Å²) in [5.74, 6) is 7.69. The molecule has 0 radical (unpaired) electrons. The molecule has 2 rings (SSSR count). The van der Waals surface area contributed by atoms with E-state index in [1.54, 1.807) is 0 Å². The van der Waals surface area contributed by atoms with Crippen molar-refractivity contribution in [2.24, 2.45) is 5.84 Å². The van der Waals surface area contributed by atoms with Crippen LogP contribution in [0.25, 0.3) is 0 Å². The molecule has 2 atom stereocenters. The van der Waals surface area contributed by atoms with Crippen LogP contribution in [0.15, 0.2) is 6.07 Å². The number of nitrogens with two attached hydrogens (primary N) is 1. The minimum absolute atomic E-state index is 0.0120. The lowest BCUT2D eigenvalue weighted by Gasteiger charge is -2.38. The fraction of sp³-hybridized carbons (Fsp3) is 0.692. The number of nitrogen functional groups attached to an aromatic ring is 1. The van der Waals surface area contributed by atoms with E-state index in [1.165, 1.54) is 0 Å². The monoisotopic (exact) mass is 281 g/mol. The molecule has 20 heavy (non-hydrogen) atoms. The van der Waals surface area contributed by atoms with Crippen LogP contribution in [0.3, 0.4) is 0 Å². The van der Waals surface area contributed by atoms with E-state index in [-0.39, 0.29) is 18.8 Å². The van der Waals surface area contributed by atoms with Gasteiger partial charge in [-0.2, -0.15) is 0 Å².